The van der Waals surface area contributed by atoms with Gasteiger partial charge < -0.3 is 19.7 Å². The Morgan fingerprint density at radius 1 is 0.966 bits per heavy atom. The Hall–Kier alpha value is -3.02. The van der Waals surface area contributed by atoms with E-state index >= 15 is 0 Å². The number of hydrogen-bond donors (Lipinski definition) is 1. The van der Waals surface area contributed by atoms with Gasteiger partial charge in [0.05, 0.1) is 14.2 Å². The van der Waals surface area contributed by atoms with Crippen molar-refractivity contribution in [3.63, 3.8) is 0 Å². The predicted octanol–water partition coefficient (Wildman–Crippen LogP) is 3.78. The molecule has 0 radical (unpaired) electrons. The van der Waals surface area contributed by atoms with Crippen molar-refractivity contribution >= 4 is 17.5 Å². The molecule has 0 spiro atoms. The van der Waals surface area contributed by atoms with Gasteiger partial charge >= 0.3 is 0 Å². The molecule has 2 aromatic carbocycles. The van der Waals surface area contributed by atoms with E-state index < -0.39 is 0 Å². The third-order valence-corrected chi connectivity index (χ3v) is 4.69. The first-order valence-electron chi connectivity index (χ1n) is 9.56. The predicted molar refractivity (Wildman–Crippen MR) is 115 cm³/mol. The first-order chi connectivity index (χ1) is 13.7. The number of ether oxygens (including phenoxy) is 2. The van der Waals surface area contributed by atoms with Gasteiger partial charge in [-0.3, -0.25) is 9.59 Å². The molecule has 0 aliphatic carbocycles. The van der Waals surface area contributed by atoms with Gasteiger partial charge in [0, 0.05) is 37.3 Å². The molecule has 0 saturated carbocycles. The molecule has 0 saturated heterocycles. The molecule has 0 bridgehead atoms. The molecule has 6 nitrogen and oxygen atoms in total. The van der Waals surface area contributed by atoms with Crippen molar-refractivity contribution in [2.75, 3.05) is 32.2 Å². The van der Waals surface area contributed by atoms with Gasteiger partial charge in [0.15, 0.2) is 11.5 Å². The molecule has 156 valence electrons. The van der Waals surface area contributed by atoms with Crippen LogP contribution in [0, 0.1) is 0 Å². The summed E-state index contributed by atoms with van der Waals surface area (Å²) in [6, 6.07) is 12.9. The fourth-order valence-electron chi connectivity index (χ4n) is 2.97. The Morgan fingerprint density at radius 3 is 2.10 bits per heavy atom. The molecule has 0 aliphatic heterocycles. The van der Waals surface area contributed by atoms with Gasteiger partial charge in [0.25, 0.3) is 5.91 Å². The average Bonchev–Trinajstić information content (AvgIpc) is 2.69. The highest BCUT2D eigenvalue weighted by atomic mass is 16.5. The fourth-order valence-corrected chi connectivity index (χ4v) is 2.97. The maximum Gasteiger partial charge on any atom is 0.251 e. The van der Waals surface area contributed by atoms with E-state index in [1.165, 1.54) is 12.5 Å². The van der Waals surface area contributed by atoms with Gasteiger partial charge in [-0.1, -0.05) is 32.9 Å². The zero-order valence-corrected chi connectivity index (χ0v) is 18.0. The van der Waals surface area contributed by atoms with Crippen LogP contribution in [-0.4, -0.2) is 39.1 Å². The maximum atomic E-state index is 12.4. The van der Waals surface area contributed by atoms with E-state index in [4.69, 9.17) is 9.47 Å². The minimum absolute atomic E-state index is 0.0381. The van der Waals surface area contributed by atoms with Crippen molar-refractivity contribution in [2.45, 2.75) is 33.1 Å². The summed E-state index contributed by atoms with van der Waals surface area (Å²) in [7, 11) is 3.11. The molecule has 0 aliphatic rings. The molecule has 0 unspecified atom stereocenters. The van der Waals surface area contributed by atoms with Gasteiger partial charge in [-0.2, -0.15) is 0 Å². The zero-order valence-electron chi connectivity index (χ0n) is 18.0. The number of nitrogens with zero attached hydrogens (tertiary/aromatic N) is 1. The highest BCUT2D eigenvalue weighted by molar-refractivity contribution is 5.95. The normalized spacial score (nSPS) is 11.0. The largest absolute Gasteiger partial charge is 0.493 e. The lowest BCUT2D eigenvalue weighted by Crippen LogP contribution is -2.37. The molecular formula is C23H30N2O4. The Morgan fingerprint density at radius 2 is 1.59 bits per heavy atom. The number of anilines is 1. The highest BCUT2D eigenvalue weighted by Gasteiger charge is 2.16. The molecule has 2 aromatic rings. The maximum absolute atomic E-state index is 12.4. The molecule has 1 N–H and O–H groups in total. The van der Waals surface area contributed by atoms with Crippen molar-refractivity contribution in [1.29, 1.82) is 0 Å². The Balaban J connectivity index is 2.03. The zero-order chi connectivity index (χ0) is 21.6. The Bertz CT molecular complexity index is 854. The van der Waals surface area contributed by atoms with Crippen molar-refractivity contribution in [3.8, 4) is 11.5 Å². The number of benzene rings is 2. The topological polar surface area (TPSA) is 67.9 Å². The second-order valence-electron chi connectivity index (χ2n) is 7.79. The van der Waals surface area contributed by atoms with E-state index in [9.17, 15) is 9.59 Å². The lowest BCUT2D eigenvalue weighted by Gasteiger charge is -2.22. The van der Waals surface area contributed by atoms with Crippen molar-refractivity contribution in [1.82, 2.24) is 5.32 Å². The smallest absolute Gasteiger partial charge is 0.251 e. The van der Waals surface area contributed by atoms with Crippen molar-refractivity contribution in [3.05, 3.63) is 53.6 Å². The second-order valence-corrected chi connectivity index (χ2v) is 7.79. The third-order valence-electron chi connectivity index (χ3n) is 4.69. The number of carbonyl (C=O) groups is 2. The number of hydrogen-bond acceptors (Lipinski definition) is 4. The van der Waals surface area contributed by atoms with Crippen molar-refractivity contribution < 1.29 is 19.1 Å². The molecule has 6 heteroatoms. The highest BCUT2D eigenvalue weighted by Crippen LogP contribution is 2.31. The summed E-state index contributed by atoms with van der Waals surface area (Å²) in [6.45, 7) is 8.56. The Labute approximate surface area is 172 Å². The monoisotopic (exact) mass is 398 g/mol. The number of amides is 2. The summed E-state index contributed by atoms with van der Waals surface area (Å²) in [5, 5.41) is 2.87. The number of methoxy groups -OCH3 is 2. The number of carbonyl (C=O) groups excluding carboxylic acids is 2. The van der Waals surface area contributed by atoms with Crippen LogP contribution < -0.4 is 19.7 Å². The molecule has 29 heavy (non-hydrogen) atoms. The van der Waals surface area contributed by atoms with E-state index in [2.05, 4.69) is 26.1 Å². The van der Waals surface area contributed by atoms with Crippen LogP contribution in [0.3, 0.4) is 0 Å². The van der Waals surface area contributed by atoms with Crippen LogP contribution in [0.15, 0.2) is 42.5 Å². The summed E-state index contributed by atoms with van der Waals surface area (Å²) >= 11 is 0. The first kappa shape index (κ1) is 22.3. The molecule has 2 amide bonds. The van der Waals surface area contributed by atoms with Crippen LogP contribution in [0.2, 0.25) is 0 Å². The number of nitrogens with one attached hydrogen (secondary N) is 1. The van der Waals surface area contributed by atoms with Gasteiger partial charge in [-0.15, -0.1) is 0 Å². The van der Waals surface area contributed by atoms with Gasteiger partial charge in [0.2, 0.25) is 5.91 Å². The van der Waals surface area contributed by atoms with E-state index in [1.807, 2.05) is 24.3 Å². The van der Waals surface area contributed by atoms with E-state index in [0.717, 1.165) is 0 Å². The lowest BCUT2D eigenvalue weighted by molar-refractivity contribution is -0.116. The summed E-state index contributed by atoms with van der Waals surface area (Å²) in [4.78, 5) is 26.1. The van der Waals surface area contributed by atoms with Crippen LogP contribution >= 0.6 is 0 Å². The quantitative estimate of drug-likeness (QED) is 0.771. The van der Waals surface area contributed by atoms with Crippen LogP contribution in [0.25, 0.3) is 0 Å². The SMILES string of the molecule is COc1ccc(N(CCNC(=O)c2ccc(C(C)(C)C)cc2)C(C)=O)cc1OC. The van der Waals surface area contributed by atoms with Gasteiger partial charge in [-0.05, 0) is 35.2 Å². The lowest BCUT2D eigenvalue weighted by atomic mass is 9.87. The van der Waals surface area contributed by atoms with E-state index in [0.29, 0.717) is 35.8 Å². The first-order valence-corrected chi connectivity index (χ1v) is 9.56. The molecule has 0 fully saturated rings. The molecular weight excluding hydrogens is 368 g/mol. The summed E-state index contributed by atoms with van der Waals surface area (Å²) < 4.78 is 10.5. The van der Waals surface area contributed by atoms with E-state index in [1.54, 1.807) is 37.3 Å². The Kier molecular flexibility index (Phi) is 7.26. The van der Waals surface area contributed by atoms with Crippen LogP contribution in [0.5, 0.6) is 11.5 Å². The minimum Gasteiger partial charge on any atom is -0.493 e. The molecule has 0 atom stereocenters. The number of rotatable bonds is 7. The van der Waals surface area contributed by atoms with Crippen LogP contribution in [-0.2, 0) is 10.2 Å². The summed E-state index contributed by atoms with van der Waals surface area (Å²) in [5.41, 5.74) is 2.49. The van der Waals surface area contributed by atoms with Gasteiger partial charge in [-0.25, -0.2) is 0 Å². The summed E-state index contributed by atoms with van der Waals surface area (Å²) in [6.07, 6.45) is 0. The minimum atomic E-state index is -0.165. The fraction of sp³-hybridized carbons (Fsp3) is 0.391. The van der Waals surface area contributed by atoms with Crippen LogP contribution in [0.1, 0.15) is 43.6 Å². The second kappa shape index (κ2) is 9.45. The molecule has 0 heterocycles. The molecule has 2 rings (SSSR count). The third kappa shape index (κ3) is 5.73. The van der Waals surface area contributed by atoms with Crippen molar-refractivity contribution in [2.24, 2.45) is 0 Å². The molecule has 0 aromatic heterocycles. The summed E-state index contributed by atoms with van der Waals surface area (Å²) in [5.74, 6) is 0.841. The van der Waals surface area contributed by atoms with Gasteiger partial charge in [0.1, 0.15) is 0 Å². The van der Waals surface area contributed by atoms with Crippen LogP contribution in [0.4, 0.5) is 5.69 Å². The average molecular weight is 399 g/mol. The standard InChI is InChI=1S/C23H30N2O4/c1-16(26)25(19-11-12-20(28-5)21(15-19)29-6)14-13-24-22(27)17-7-9-18(10-8-17)23(2,3)4/h7-12,15H,13-14H2,1-6H3,(H,24,27). The van der Waals surface area contributed by atoms with E-state index in [-0.39, 0.29) is 17.2 Å².